The molecule has 82 valence electrons. The van der Waals surface area contributed by atoms with Crippen LogP contribution in [0.3, 0.4) is 0 Å². The zero-order valence-electron chi connectivity index (χ0n) is 8.80. The van der Waals surface area contributed by atoms with Crippen LogP contribution in [-0.2, 0) is 6.42 Å². The van der Waals surface area contributed by atoms with Crippen molar-refractivity contribution in [3.05, 3.63) is 34.3 Å². The van der Waals surface area contributed by atoms with Crippen LogP contribution in [0.5, 0.6) is 0 Å². The highest BCUT2D eigenvalue weighted by atomic mass is 79.9. The van der Waals surface area contributed by atoms with Crippen molar-refractivity contribution in [2.45, 2.75) is 24.8 Å². The number of rotatable bonds is 5. The van der Waals surface area contributed by atoms with Gasteiger partial charge in [0.05, 0.1) is 0 Å². The van der Waals surface area contributed by atoms with Gasteiger partial charge < -0.3 is 11.1 Å². The Morgan fingerprint density at radius 1 is 1.27 bits per heavy atom. The Hall–Kier alpha value is -0.380. The number of nitrogens with two attached hydrogens (primary N) is 1. The van der Waals surface area contributed by atoms with Crippen LogP contribution < -0.4 is 11.1 Å². The number of halogens is 1. The second kappa shape index (κ2) is 4.64. The first-order valence-corrected chi connectivity index (χ1v) is 6.21. The van der Waals surface area contributed by atoms with E-state index >= 15 is 0 Å². The van der Waals surface area contributed by atoms with Crippen molar-refractivity contribution < 1.29 is 0 Å². The highest BCUT2D eigenvalue weighted by Gasteiger charge is 2.37. The predicted octanol–water partition coefficient (Wildman–Crippen LogP) is 2.07. The summed E-state index contributed by atoms with van der Waals surface area (Å²) in [5.74, 6) is 0. The molecule has 1 aliphatic carbocycles. The van der Waals surface area contributed by atoms with Crippen LogP contribution in [0, 0.1) is 0 Å². The average Bonchev–Trinajstić information content (AvgIpc) is 2.95. The summed E-state index contributed by atoms with van der Waals surface area (Å²) in [7, 11) is 0. The van der Waals surface area contributed by atoms with Gasteiger partial charge in [-0.15, -0.1) is 0 Å². The Kier molecular flexibility index (Phi) is 3.44. The Morgan fingerprint density at radius 3 is 2.53 bits per heavy atom. The van der Waals surface area contributed by atoms with Gasteiger partial charge in [-0.1, -0.05) is 28.1 Å². The molecule has 1 aromatic carbocycles. The lowest BCUT2D eigenvalue weighted by atomic mass is 10.1. The number of hydrogen-bond acceptors (Lipinski definition) is 2. The maximum atomic E-state index is 5.98. The van der Waals surface area contributed by atoms with Gasteiger partial charge in [0.15, 0.2) is 0 Å². The first kappa shape index (κ1) is 11.1. The number of benzene rings is 1. The molecule has 2 nitrogen and oxygen atoms in total. The third-order valence-electron chi connectivity index (χ3n) is 2.87. The van der Waals surface area contributed by atoms with Crippen LogP contribution in [0.2, 0.25) is 0 Å². The summed E-state index contributed by atoms with van der Waals surface area (Å²) in [5.41, 5.74) is 7.47. The Bertz CT molecular complexity index is 317. The molecule has 0 unspecified atom stereocenters. The average molecular weight is 269 g/mol. The van der Waals surface area contributed by atoms with Gasteiger partial charge in [-0.3, -0.25) is 0 Å². The Labute approximate surface area is 99.4 Å². The quantitative estimate of drug-likeness (QED) is 0.803. The summed E-state index contributed by atoms with van der Waals surface area (Å²) < 4.78 is 1.14. The van der Waals surface area contributed by atoms with Crippen LogP contribution in [0.4, 0.5) is 0 Å². The fourth-order valence-corrected chi connectivity index (χ4v) is 1.82. The molecule has 0 aromatic heterocycles. The van der Waals surface area contributed by atoms with Gasteiger partial charge >= 0.3 is 0 Å². The zero-order valence-corrected chi connectivity index (χ0v) is 10.4. The van der Waals surface area contributed by atoms with Gasteiger partial charge in [0.25, 0.3) is 0 Å². The minimum atomic E-state index is 0.125. The SMILES string of the molecule is NC1(CNCCc2ccc(Br)cc2)CC1. The molecule has 1 aliphatic rings. The fourth-order valence-electron chi connectivity index (χ4n) is 1.56. The van der Waals surface area contributed by atoms with E-state index in [4.69, 9.17) is 5.73 Å². The normalized spacial score (nSPS) is 17.7. The van der Waals surface area contributed by atoms with E-state index in [2.05, 4.69) is 45.5 Å². The van der Waals surface area contributed by atoms with Crippen LogP contribution in [0.25, 0.3) is 0 Å². The van der Waals surface area contributed by atoms with Gasteiger partial charge in [0.1, 0.15) is 0 Å². The van der Waals surface area contributed by atoms with Crippen molar-refractivity contribution in [3.63, 3.8) is 0 Å². The molecule has 0 heterocycles. The predicted molar refractivity (Wildman–Crippen MR) is 66.9 cm³/mol. The first-order valence-electron chi connectivity index (χ1n) is 5.42. The molecule has 2 rings (SSSR count). The minimum Gasteiger partial charge on any atom is -0.324 e. The van der Waals surface area contributed by atoms with Gasteiger partial charge in [0.2, 0.25) is 0 Å². The molecule has 3 N–H and O–H groups in total. The minimum absolute atomic E-state index is 0.125. The van der Waals surface area contributed by atoms with E-state index in [1.54, 1.807) is 0 Å². The maximum Gasteiger partial charge on any atom is 0.0282 e. The van der Waals surface area contributed by atoms with Gasteiger partial charge in [0, 0.05) is 16.6 Å². The van der Waals surface area contributed by atoms with Crippen molar-refractivity contribution >= 4 is 15.9 Å². The second-order valence-corrected chi connectivity index (χ2v) is 5.33. The maximum absolute atomic E-state index is 5.98. The zero-order chi connectivity index (χ0) is 10.7. The Morgan fingerprint density at radius 2 is 1.93 bits per heavy atom. The Balaban J connectivity index is 1.67. The molecule has 1 saturated carbocycles. The molecule has 0 atom stereocenters. The summed E-state index contributed by atoms with van der Waals surface area (Å²) in [6.45, 7) is 1.98. The van der Waals surface area contributed by atoms with Crippen molar-refractivity contribution in [1.82, 2.24) is 5.32 Å². The first-order chi connectivity index (χ1) is 7.18. The van der Waals surface area contributed by atoms with E-state index in [0.29, 0.717) is 0 Å². The number of hydrogen-bond donors (Lipinski definition) is 2. The molecule has 0 saturated heterocycles. The summed E-state index contributed by atoms with van der Waals surface area (Å²) >= 11 is 3.43. The van der Waals surface area contributed by atoms with E-state index in [-0.39, 0.29) is 5.54 Å². The lowest BCUT2D eigenvalue weighted by molar-refractivity contribution is 0.571. The van der Waals surface area contributed by atoms with Crippen LogP contribution in [-0.4, -0.2) is 18.6 Å². The van der Waals surface area contributed by atoms with E-state index in [0.717, 1.165) is 24.0 Å². The molecule has 15 heavy (non-hydrogen) atoms. The van der Waals surface area contributed by atoms with E-state index in [1.165, 1.54) is 18.4 Å². The topological polar surface area (TPSA) is 38.0 Å². The summed E-state index contributed by atoms with van der Waals surface area (Å²) in [4.78, 5) is 0. The van der Waals surface area contributed by atoms with Crippen LogP contribution in [0.1, 0.15) is 18.4 Å². The summed E-state index contributed by atoms with van der Waals surface area (Å²) in [6, 6.07) is 8.48. The third kappa shape index (κ3) is 3.59. The molecular weight excluding hydrogens is 252 g/mol. The smallest absolute Gasteiger partial charge is 0.0282 e. The fraction of sp³-hybridized carbons (Fsp3) is 0.500. The molecule has 3 heteroatoms. The molecule has 0 radical (unpaired) electrons. The lowest BCUT2D eigenvalue weighted by Gasteiger charge is -2.09. The van der Waals surface area contributed by atoms with Crippen molar-refractivity contribution in [2.75, 3.05) is 13.1 Å². The highest BCUT2D eigenvalue weighted by molar-refractivity contribution is 9.10. The molecule has 0 bridgehead atoms. The molecule has 1 aromatic rings. The molecule has 0 spiro atoms. The molecule has 0 amide bonds. The van der Waals surface area contributed by atoms with E-state index in [1.807, 2.05) is 0 Å². The van der Waals surface area contributed by atoms with Crippen molar-refractivity contribution in [2.24, 2.45) is 5.73 Å². The molecule has 0 aliphatic heterocycles. The summed E-state index contributed by atoms with van der Waals surface area (Å²) in [5, 5.41) is 3.41. The van der Waals surface area contributed by atoms with Crippen LogP contribution >= 0.6 is 15.9 Å². The van der Waals surface area contributed by atoms with E-state index < -0.39 is 0 Å². The molecular formula is C12H17BrN2. The van der Waals surface area contributed by atoms with Gasteiger partial charge in [-0.2, -0.15) is 0 Å². The standard InChI is InChI=1S/C12H17BrN2/c13-11-3-1-10(2-4-11)5-8-15-9-12(14)6-7-12/h1-4,15H,5-9,14H2. The number of nitrogens with one attached hydrogen (secondary N) is 1. The second-order valence-electron chi connectivity index (χ2n) is 4.42. The molecule has 1 fully saturated rings. The monoisotopic (exact) mass is 268 g/mol. The van der Waals surface area contributed by atoms with Gasteiger partial charge in [-0.25, -0.2) is 0 Å². The van der Waals surface area contributed by atoms with Crippen LogP contribution in [0.15, 0.2) is 28.7 Å². The van der Waals surface area contributed by atoms with Crippen molar-refractivity contribution in [1.29, 1.82) is 0 Å². The highest BCUT2D eigenvalue weighted by Crippen LogP contribution is 2.30. The summed E-state index contributed by atoms with van der Waals surface area (Å²) in [6.07, 6.45) is 3.43. The van der Waals surface area contributed by atoms with Crippen molar-refractivity contribution in [3.8, 4) is 0 Å². The third-order valence-corrected chi connectivity index (χ3v) is 3.40. The largest absolute Gasteiger partial charge is 0.324 e. The van der Waals surface area contributed by atoms with E-state index in [9.17, 15) is 0 Å². The van der Waals surface area contributed by atoms with Gasteiger partial charge in [-0.05, 0) is 43.5 Å². The lowest BCUT2D eigenvalue weighted by Crippen LogP contribution is -2.36.